The lowest BCUT2D eigenvalue weighted by Crippen LogP contribution is -2.50. The molecular formula is C19H23N3O2. The number of benzene rings is 2. The Kier molecular flexibility index (Phi) is 5.33. The van der Waals surface area contributed by atoms with Gasteiger partial charge in [-0.1, -0.05) is 18.2 Å². The van der Waals surface area contributed by atoms with E-state index in [1.165, 1.54) is 5.69 Å². The average Bonchev–Trinajstić information content (AvgIpc) is 2.67. The summed E-state index contributed by atoms with van der Waals surface area (Å²) in [7, 11) is 1.68. The van der Waals surface area contributed by atoms with Crippen molar-refractivity contribution in [3.05, 3.63) is 60.2 Å². The number of hydrogen-bond donors (Lipinski definition) is 1. The Balaban J connectivity index is 1.46. The van der Waals surface area contributed by atoms with Gasteiger partial charge in [-0.3, -0.25) is 9.69 Å². The monoisotopic (exact) mass is 325 g/mol. The van der Waals surface area contributed by atoms with Crippen molar-refractivity contribution in [2.75, 3.05) is 44.9 Å². The van der Waals surface area contributed by atoms with Crippen LogP contribution in [0.2, 0.25) is 0 Å². The summed E-state index contributed by atoms with van der Waals surface area (Å²) in [6.07, 6.45) is 0. The van der Waals surface area contributed by atoms with E-state index < -0.39 is 0 Å². The molecule has 5 nitrogen and oxygen atoms in total. The molecule has 2 aromatic carbocycles. The lowest BCUT2D eigenvalue weighted by Gasteiger charge is -2.36. The van der Waals surface area contributed by atoms with E-state index in [4.69, 9.17) is 4.74 Å². The van der Waals surface area contributed by atoms with Crippen LogP contribution in [-0.4, -0.2) is 50.8 Å². The summed E-state index contributed by atoms with van der Waals surface area (Å²) < 4.78 is 5.20. The van der Waals surface area contributed by atoms with E-state index in [9.17, 15) is 4.79 Å². The molecule has 0 radical (unpaired) electrons. The van der Waals surface area contributed by atoms with E-state index in [1.54, 1.807) is 7.11 Å². The Morgan fingerprint density at radius 2 is 1.67 bits per heavy atom. The quantitative estimate of drug-likeness (QED) is 0.915. The van der Waals surface area contributed by atoms with Crippen LogP contribution in [0.5, 0.6) is 5.75 Å². The maximum atomic E-state index is 12.1. The van der Waals surface area contributed by atoms with Crippen LogP contribution in [0.3, 0.4) is 0 Å². The predicted octanol–water partition coefficient (Wildman–Crippen LogP) is 2.20. The largest absolute Gasteiger partial charge is 0.497 e. The smallest absolute Gasteiger partial charge is 0.252 e. The number of nitrogens with zero attached hydrogens (tertiary/aromatic N) is 2. The van der Waals surface area contributed by atoms with Gasteiger partial charge < -0.3 is 15.0 Å². The molecule has 126 valence electrons. The zero-order valence-electron chi connectivity index (χ0n) is 13.9. The fraction of sp³-hybridized carbons (Fsp3) is 0.316. The zero-order valence-corrected chi connectivity index (χ0v) is 13.9. The van der Waals surface area contributed by atoms with Gasteiger partial charge in [0.05, 0.1) is 13.8 Å². The van der Waals surface area contributed by atoms with E-state index in [2.05, 4.69) is 27.2 Å². The molecule has 1 aliphatic heterocycles. The number of amides is 1. The number of carbonyl (C=O) groups is 1. The molecule has 0 unspecified atom stereocenters. The van der Waals surface area contributed by atoms with Gasteiger partial charge in [-0.05, 0) is 36.4 Å². The summed E-state index contributed by atoms with van der Waals surface area (Å²) in [5, 5.41) is 2.99. The molecule has 0 saturated carbocycles. The van der Waals surface area contributed by atoms with Crippen LogP contribution in [-0.2, 0) is 0 Å². The Labute approximate surface area is 142 Å². The van der Waals surface area contributed by atoms with Gasteiger partial charge in [-0.15, -0.1) is 0 Å². The van der Waals surface area contributed by atoms with Crippen LogP contribution in [0.25, 0.3) is 0 Å². The number of nitrogens with one attached hydrogen (secondary N) is 1. The summed E-state index contributed by atoms with van der Waals surface area (Å²) in [6, 6.07) is 17.5. The number of anilines is 1. The highest BCUT2D eigenvalue weighted by Crippen LogP contribution is 2.20. The maximum Gasteiger partial charge on any atom is 0.252 e. The Hall–Kier alpha value is -2.53. The van der Waals surface area contributed by atoms with Gasteiger partial charge >= 0.3 is 0 Å². The summed E-state index contributed by atoms with van der Waals surface area (Å²) in [5.41, 5.74) is 1.91. The van der Waals surface area contributed by atoms with E-state index in [0.29, 0.717) is 12.2 Å². The molecule has 0 atom stereocenters. The molecule has 5 heteroatoms. The molecule has 1 heterocycles. The lowest BCUT2D eigenvalue weighted by atomic mass is 10.2. The normalized spacial score (nSPS) is 15.1. The average molecular weight is 325 g/mol. The van der Waals surface area contributed by atoms with Crippen molar-refractivity contribution in [2.45, 2.75) is 0 Å². The van der Waals surface area contributed by atoms with Gasteiger partial charge in [0.2, 0.25) is 0 Å². The Bertz CT molecular complexity index is 650. The molecule has 0 aromatic heterocycles. The van der Waals surface area contributed by atoms with Crippen molar-refractivity contribution in [2.24, 2.45) is 0 Å². The first-order chi connectivity index (χ1) is 11.8. The molecule has 3 rings (SSSR count). The van der Waals surface area contributed by atoms with Crippen molar-refractivity contribution < 1.29 is 9.53 Å². The zero-order chi connectivity index (χ0) is 16.8. The molecule has 1 saturated heterocycles. The summed E-state index contributed by atoms with van der Waals surface area (Å²) in [5.74, 6) is 0.856. The number of piperazine rings is 1. The molecule has 2 aromatic rings. The van der Waals surface area contributed by atoms with Gasteiger partial charge in [-0.25, -0.2) is 0 Å². The second kappa shape index (κ2) is 7.84. The van der Waals surface area contributed by atoms with E-state index in [1.807, 2.05) is 42.5 Å². The minimum Gasteiger partial charge on any atom is -0.497 e. The number of rotatable bonds is 5. The second-order valence-electron chi connectivity index (χ2n) is 5.83. The van der Waals surface area contributed by atoms with Crippen LogP contribution in [0.1, 0.15) is 10.4 Å². The van der Waals surface area contributed by atoms with Crippen LogP contribution in [0, 0.1) is 0 Å². The van der Waals surface area contributed by atoms with Crippen molar-refractivity contribution in [1.82, 2.24) is 10.2 Å². The first-order valence-corrected chi connectivity index (χ1v) is 8.21. The molecule has 1 amide bonds. The maximum absolute atomic E-state index is 12.1. The van der Waals surface area contributed by atoms with Crippen molar-refractivity contribution in [3.63, 3.8) is 0 Å². The molecule has 1 aliphatic rings. The van der Waals surface area contributed by atoms with E-state index in [0.717, 1.165) is 31.9 Å². The topological polar surface area (TPSA) is 44.8 Å². The van der Waals surface area contributed by atoms with E-state index in [-0.39, 0.29) is 5.91 Å². The number of hydrogen-bond acceptors (Lipinski definition) is 4. The van der Waals surface area contributed by atoms with E-state index >= 15 is 0 Å². The third-order valence-electron chi connectivity index (χ3n) is 4.31. The molecule has 0 aliphatic carbocycles. The molecule has 1 N–H and O–H groups in total. The van der Waals surface area contributed by atoms with Gasteiger partial charge in [0.15, 0.2) is 0 Å². The van der Waals surface area contributed by atoms with Gasteiger partial charge in [0.25, 0.3) is 5.91 Å². The molecule has 0 spiro atoms. The SMILES string of the molecule is COc1ccc(N2CCN(CNC(=O)c3ccccc3)CC2)cc1. The third-order valence-corrected chi connectivity index (χ3v) is 4.31. The predicted molar refractivity (Wildman–Crippen MR) is 95.6 cm³/mol. The summed E-state index contributed by atoms with van der Waals surface area (Å²) in [4.78, 5) is 16.7. The molecule has 0 bridgehead atoms. The Morgan fingerprint density at radius 1 is 1.00 bits per heavy atom. The highest BCUT2D eigenvalue weighted by atomic mass is 16.5. The van der Waals surface area contributed by atoms with Gasteiger partial charge in [0, 0.05) is 37.4 Å². The van der Waals surface area contributed by atoms with Crippen molar-refractivity contribution in [1.29, 1.82) is 0 Å². The van der Waals surface area contributed by atoms with Crippen molar-refractivity contribution in [3.8, 4) is 5.75 Å². The van der Waals surface area contributed by atoms with Crippen LogP contribution < -0.4 is 15.0 Å². The second-order valence-corrected chi connectivity index (χ2v) is 5.83. The standard InChI is InChI=1S/C19H23N3O2/c1-24-18-9-7-17(8-10-18)22-13-11-21(12-14-22)15-20-19(23)16-5-3-2-4-6-16/h2-10H,11-15H2,1H3,(H,20,23). The first-order valence-electron chi connectivity index (χ1n) is 8.21. The molecular weight excluding hydrogens is 302 g/mol. The van der Waals surface area contributed by atoms with Gasteiger partial charge in [-0.2, -0.15) is 0 Å². The minimum absolute atomic E-state index is 0.0202. The minimum atomic E-state index is -0.0202. The first kappa shape index (κ1) is 16.3. The third kappa shape index (κ3) is 4.06. The lowest BCUT2D eigenvalue weighted by molar-refractivity contribution is 0.0920. The molecule has 24 heavy (non-hydrogen) atoms. The fourth-order valence-electron chi connectivity index (χ4n) is 2.83. The Morgan fingerprint density at radius 3 is 2.29 bits per heavy atom. The van der Waals surface area contributed by atoms with Crippen LogP contribution in [0.4, 0.5) is 5.69 Å². The number of methoxy groups -OCH3 is 1. The summed E-state index contributed by atoms with van der Waals surface area (Å²) in [6.45, 7) is 4.35. The molecule has 1 fully saturated rings. The van der Waals surface area contributed by atoms with Crippen molar-refractivity contribution >= 4 is 11.6 Å². The summed E-state index contributed by atoms with van der Waals surface area (Å²) >= 11 is 0. The number of ether oxygens (including phenoxy) is 1. The van der Waals surface area contributed by atoms with Crippen LogP contribution >= 0.6 is 0 Å². The fourth-order valence-corrected chi connectivity index (χ4v) is 2.83. The van der Waals surface area contributed by atoms with Gasteiger partial charge in [0.1, 0.15) is 5.75 Å². The number of carbonyl (C=O) groups excluding carboxylic acids is 1. The highest BCUT2D eigenvalue weighted by Gasteiger charge is 2.17. The highest BCUT2D eigenvalue weighted by molar-refractivity contribution is 5.94. The van der Waals surface area contributed by atoms with Crippen LogP contribution in [0.15, 0.2) is 54.6 Å².